The summed E-state index contributed by atoms with van der Waals surface area (Å²) >= 11 is 12.2. The third-order valence-corrected chi connectivity index (χ3v) is 5.41. The van der Waals surface area contributed by atoms with Crippen LogP contribution < -0.4 is 0 Å². The van der Waals surface area contributed by atoms with Crippen molar-refractivity contribution in [2.45, 2.75) is 27.7 Å². The van der Waals surface area contributed by atoms with Gasteiger partial charge in [0, 0.05) is 44.1 Å². The zero-order chi connectivity index (χ0) is 23.2. The topological polar surface area (TPSA) is 91.4 Å². The number of esters is 1. The lowest BCUT2D eigenvalue weighted by Gasteiger charge is -2.11. The molecule has 0 aliphatic rings. The number of rotatable bonds is 5. The van der Waals surface area contributed by atoms with Crippen molar-refractivity contribution >= 4 is 40.7 Å². The van der Waals surface area contributed by atoms with Gasteiger partial charge in [-0.15, -0.1) is 5.10 Å². The van der Waals surface area contributed by atoms with E-state index in [1.54, 1.807) is 31.2 Å². The number of halogens is 2. The summed E-state index contributed by atoms with van der Waals surface area (Å²) in [5, 5.41) is 5.10. The molecule has 0 fully saturated rings. The van der Waals surface area contributed by atoms with Gasteiger partial charge < -0.3 is 9.30 Å². The number of Topliss-reactive ketones (excluding diaryl/α,β-unsaturated/α-hetero) is 1. The maximum Gasteiger partial charge on any atom is 0.378 e. The Hall–Kier alpha value is -3.23. The molecule has 1 aromatic carbocycles. The van der Waals surface area contributed by atoms with Crippen molar-refractivity contribution in [1.29, 1.82) is 0 Å². The molecule has 32 heavy (non-hydrogen) atoms. The molecule has 0 N–H and O–H groups in total. The summed E-state index contributed by atoms with van der Waals surface area (Å²) in [6.45, 7) is 6.88. The predicted molar refractivity (Wildman–Crippen MR) is 120 cm³/mol. The van der Waals surface area contributed by atoms with Gasteiger partial charge in [0.15, 0.2) is 6.61 Å². The van der Waals surface area contributed by atoms with Crippen molar-refractivity contribution in [2.24, 2.45) is 0 Å². The number of carbonyl (C=O) groups excluding carboxylic acids is 2. The number of ketones is 1. The Bertz CT molecular complexity index is 1370. The van der Waals surface area contributed by atoms with E-state index in [1.807, 2.05) is 31.4 Å². The molecule has 0 saturated carbocycles. The van der Waals surface area contributed by atoms with Gasteiger partial charge >= 0.3 is 5.97 Å². The number of fused-ring (bicyclic) bond motifs is 1. The monoisotopic (exact) mass is 471 g/mol. The molecule has 0 saturated heterocycles. The molecule has 164 valence electrons. The number of aromatic nitrogens is 5. The Morgan fingerprint density at radius 1 is 0.938 bits per heavy atom. The Kier molecular flexibility index (Phi) is 5.75. The lowest BCUT2D eigenvalue weighted by atomic mass is 10.1. The van der Waals surface area contributed by atoms with Gasteiger partial charge in [-0.3, -0.25) is 4.79 Å². The van der Waals surface area contributed by atoms with E-state index in [9.17, 15) is 9.59 Å². The van der Waals surface area contributed by atoms with E-state index in [0.29, 0.717) is 27.1 Å². The van der Waals surface area contributed by atoms with Crippen LogP contribution in [0.2, 0.25) is 10.0 Å². The number of hydrogen-bond donors (Lipinski definition) is 0. The van der Waals surface area contributed by atoms with E-state index in [0.717, 1.165) is 22.8 Å². The first kappa shape index (κ1) is 22.0. The van der Waals surface area contributed by atoms with Crippen LogP contribution in [0.25, 0.3) is 11.5 Å². The highest BCUT2D eigenvalue weighted by Gasteiger charge is 2.21. The fourth-order valence-corrected chi connectivity index (χ4v) is 4.15. The molecule has 8 nitrogen and oxygen atoms in total. The summed E-state index contributed by atoms with van der Waals surface area (Å²) in [6.07, 6.45) is 0. The fraction of sp³-hybridized carbons (Fsp3) is 0.227. The SMILES string of the molecule is Cc1cc(C)n2nc(C(=O)OCC(=O)c3cc(C)n(-c4cc(Cl)cc(Cl)c4)c3C)nc2n1. The molecule has 0 aliphatic carbocycles. The van der Waals surface area contributed by atoms with Gasteiger partial charge in [0.05, 0.1) is 0 Å². The lowest BCUT2D eigenvalue weighted by molar-refractivity contribution is 0.0462. The van der Waals surface area contributed by atoms with Gasteiger partial charge in [0.2, 0.25) is 5.78 Å². The van der Waals surface area contributed by atoms with Crippen LogP contribution in [0.4, 0.5) is 0 Å². The molecule has 0 unspecified atom stereocenters. The van der Waals surface area contributed by atoms with E-state index in [1.165, 1.54) is 4.52 Å². The largest absolute Gasteiger partial charge is 0.451 e. The summed E-state index contributed by atoms with van der Waals surface area (Å²) in [5.74, 6) is -1.00. The highest BCUT2D eigenvalue weighted by molar-refractivity contribution is 6.34. The standard InChI is InChI=1S/C22H19Cl2N5O3/c1-11-5-13(3)29-22(25-11)26-20(27-29)21(31)32-10-19(30)18-6-12(2)28(14(18)4)17-8-15(23)7-16(24)9-17/h5-9H,10H2,1-4H3. The van der Waals surface area contributed by atoms with Crippen LogP contribution in [-0.2, 0) is 4.74 Å². The Morgan fingerprint density at radius 2 is 1.62 bits per heavy atom. The average Bonchev–Trinajstić information content (AvgIpc) is 3.26. The zero-order valence-corrected chi connectivity index (χ0v) is 19.3. The third-order valence-electron chi connectivity index (χ3n) is 4.97. The molecule has 0 amide bonds. The molecule has 3 heterocycles. The fourth-order valence-electron chi connectivity index (χ4n) is 3.64. The molecule has 4 aromatic rings. The van der Waals surface area contributed by atoms with Crippen LogP contribution >= 0.6 is 23.2 Å². The molecular formula is C22H19Cl2N5O3. The molecule has 0 aliphatic heterocycles. The zero-order valence-electron chi connectivity index (χ0n) is 17.8. The van der Waals surface area contributed by atoms with Crippen LogP contribution in [0.3, 0.4) is 0 Å². The normalized spacial score (nSPS) is 11.2. The van der Waals surface area contributed by atoms with E-state index in [2.05, 4.69) is 15.1 Å². The second-order valence-corrected chi connectivity index (χ2v) is 8.31. The van der Waals surface area contributed by atoms with Crippen LogP contribution in [0.15, 0.2) is 30.3 Å². The molecule has 0 spiro atoms. The quantitative estimate of drug-likeness (QED) is 0.314. The number of benzene rings is 1. The van der Waals surface area contributed by atoms with Crippen LogP contribution in [0.5, 0.6) is 0 Å². The summed E-state index contributed by atoms with van der Waals surface area (Å²) in [4.78, 5) is 33.6. The Morgan fingerprint density at radius 3 is 2.31 bits per heavy atom. The lowest BCUT2D eigenvalue weighted by Crippen LogP contribution is -2.16. The molecule has 3 aromatic heterocycles. The van der Waals surface area contributed by atoms with Gasteiger partial charge in [-0.05, 0) is 58.0 Å². The van der Waals surface area contributed by atoms with Crippen molar-refractivity contribution in [3.05, 3.63) is 74.5 Å². The van der Waals surface area contributed by atoms with Crippen molar-refractivity contribution < 1.29 is 14.3 Å². The van der Waals surface area contributed by atoms with Crippen LogP contribution in [0.1, 0.15) is 43.8 Å². The molecule has 10 heteroatoms. The van der Waals surface area contributed by atoms with E-state index in [4.69, 9.17) is 27.9 Å². The third kappa shape index (κ3) is 4.11. The minimum atomic E-state index is -0.795. The molecule has 0 radical (unpaired) electrons. The van der Waals surface area contributed by atoms with E-state index < -0.39 is 12.6 Å². The highest BCUT2D eigenvalue weighted by Crippen LogP contribution is 2.26. The maximum atomic E-state index is 12.8. The Balaban J connectivity index is 1.53. The second-order valence-electron chi connectivity index (χ2n) is 7.43. The van der Waals surface area contributed by atoms with Crippen LogP contribution in [0, 0.1) is 27.7 Å². The van der Waals surface area contributed by atoms with Crippen molar-refractivity contribution in [2.75, 3.05) is 6.61 Å². The van der Waals surface area contributed by atoms with Gasteiger partial charge in [0.25, 0.3) is 11.6 Å². The van der Waals surface area contributed by atoms with Gasteiger partial charge in [-0.1, -0.05) is 23.2 Å². The predicted octanol–water partition coefficient (Wildman–Crippen LogP) is 4.50. The minimum absolute atomic E-state index is 0.155. The first-order valence-corrected chi connectivity index (χ1v) is 10.5. The number of hydrogen-bond acceptors (Lipinski definition) is 6. The van der Waals surface area contributed by atoms with Gasteiger partial charge in [-0.2, -0.15) is 4.98 Å². The summed E-state index contributed by atoms with van der Waals surface area (Å²) in [5.41, 5.74) is 4.21. The van der Waals surface area contributed by atoms with Crippen molar-refractivity contribution in [3.8, 4) is 5.69 Å². The van der Waals surface area contributed by atoms with Gasteiger partial charge in [0.1, 0.15) is 0 Å². The molecule has 0 atom stereocenters. The number of ether oxygens (including phenoxy) is 1. The Labute approximate surface area is 193 Å². The summed E-state index contributed by atoms with van der Waals surface area (Å²) < 4.78 is 8.51. The molecular weight excluding hydrogens is 453 g/mol. The molecule has 0 bridgehead atoms. The van der Waals surface area contributed by atoms with E-state index >= 15 is 0 Å². The first-order chi connectivity index (χ1) is 15.1. The number of nitrogens with zero attached hydrogens (tertiary/aromatic N) is 5. The number of carbonyl (C=O) groups is 2. The van der Waals surface area contributed by atoms with Crippen molar-refractivity contribution in [3.63, 3.8) is 0 Å². The molecule has 4 rings (SSSR count). The van der Waals surface area contributed by atoms with E-state index in [-0.39, 0.29) is 11.6 Å². The average molecular weight is 472 g/mol. The van der Waals surface area contributed by atoms with Crippen LogP contribution in [-0.4, -0.2) is 42.5 Å². The van der Waals surface area contributed by atoms with Gasteiger partial charge in [-0.25, -0.2) is 14.3 Å². The minimum Gasteiger partial charge on any atom is -0.451 e. The summed E-state index contributed by atoms with van der Waals surface area (Å²) in [6, 6.07) is 8.71. The second kappa shape index (κ2) is 8.37. The number of aryl methyl sites for hydroxylation is 3. The first-order valence-electron chi connectivity index (χ1n) is 9.71. The smallest absolute Gasteiger partial charge is 0.378 e. The summed E-state index contributed by atoms with van der Waals surface area (Å²) in [7, 11) is 0. The maximum absolute atomic E-state index is 12.8. The highest BCUT2D eigenvalue weighted by atomic mass is 35.5. The van der Waals surface area contributed by atoms with Crippen molar-refractivity contribution in [1.82, 2.24) is 24.1 Å².